The number of nitrogens with two attached hydrogens (primary N) is 1. The highest BCUT2D eigenvalue weighted by molar-refractivity contribution is 6.36. The number of ether oxygens (including phenoxy) is 2. The number of hydrogen-bond donors (Lipinski definition) is 1. The van der Waals surface area contributed by atoms with Crippen LogP contribution in [0.1, 0.15) is 26.7 Å². The molecule has 0 saturated heterocycles. The van der Waals surface area contributed by atoms with Crippen LogP contribution in [0.5, 0.6) is 0 Å². The molecule has 0 aliphatic heterocycles. The number of hydrogen-bond acceptors (Lipinski definition) is 3. The summed E-state index contributed by atoms with van der Waals surface area (Å²) in [5.74, 6) is 0.100. The molecule has 0 aromatic rings. The second-order valence-corrected chi connectivity index (χ2v) is 5.05. The van der Waals surface area contributed by atoms with Gasteiger partial charge in [-0.2, -0.15) is 0 Å². The molecule has 0 fully saturated rings. The van der Waals surface area contributed by atoms with Crippen molar-refractivity contribution < 1.29 is 9.47 Å². The van der Waals surface area contributed by atoms with E-state index in [4.69, 9.17) is 15.2 Å². The normalized spacial score (nSPS) is 12.0. The molecule has 0 radical (unpaired) electrons. The van der Waals surface area contributed by atoms with Crippen molar-refractivity contribution in [1.29, 1.82) is 0 Å². The Hall–Kier alpha value is 0.0969. The van der Waals surface area contributed by atoms with Crippen molar-refractivity contribution >= 4 is 9.52 Å². The van der Waals surface area contributed by atoms with Gasteiger partial charge in [0.1, 0.15) is 5.91 Å². The van der Waals surface area contributed by atoms with Crippen molar-refractivity contribution in [3.05, 3.63) is 0 Å². The highest BCUT2D eigenvalue weighted by atomic mass is 28.2. The van der Waals surface area contributed by atoms with Crippen LogP contribution in [0.4, 0.5) is 0 Å². The third-order valence-corrected chi connectivity index (χ3v) is 3.42. The van der Waals surface area contributed by atoms with E-state index in [-0.39, 0.29) is 15.4 Å². The molecular formula is C9H23NO2Si. The summed E-state index contributed by atoms with van der Waals surface area (Å²) in [6.07, 6.45) is 2.12. The fourth-order valence-electron chi connectivity index (χ4n) is 0.998. The minimum Gasteiger partial charge on any atom is -0.357 e. The van der Waals surface area contributed by atoms with Crippen molar-refractivity contribution in [2.24, 2.45) is 5.73 Å². The second-order valence-electron chi connectivity index (χ2n) is 3.10. The Morgan fingerprint density at radius 2 is 1.69 bits per heavy atom. The number of rotatable bonds is 9. The largest absolute Gasteiger partial charge is 0.357 e. The van der Waals surface area contributed by atoms with Gasteiger partial charge in [-0.1, -0.05) is 13.8 Å². The highest BCUT2D eigenvalue weighted by Gasteiger charge is 2.07. The van der Waals surface area contributed by atoms with Crippen LogP contribution in [-0.2, 0) is 9.47 Å². The first kappa shape index (κ1) is 13.1. The lowest BCUT2D eigenvalue weighted by molar-refractivity contribution is -0.0904. The predicted octanol–water partition coefficient (Wildman–Crippen LogP) is 0.669. The van der Waals surface area contributed by atoms with Crippen LogP contribution in [0.2, 0.25) is 6.04 Å². The Labute approximate surface area is 83.8 Å². The molecule has 0 atom stereocenters. The summed E-state index contributed by atoms with van der Waals surface area (Å²) in [6.45, 7) is 6.62. The van der Waals surface area contributed by atoms with Crippen LogP contribution in [-0.4, -0.2) is 35.2 Å². The van der Waals surface area contributed by atoms with Crippen molar-refractivity contribution in [3.8, 4) is 0 Å². The van der Waals surface area contributed by atoms with Gasteiger partial charge in [-0.3, -0.25) is 0 Å². The van der Waals surface area contributed by atoms with Gasteiger partial charge in [-0.05, 0) is 25.4 Å². The molecule has 0 aliphatic carbocycles. The molecule has 0 saturated carbocycles. The SMILES string of the molecule is CCCOC(OCCC)[SiH2]CCN. The molecule has 4 heteroatoms. The Balaban J connectivity index is 3.47. The zero-order chi connectivity index (χ0) is 9.94. The fraction of sp³-hybridized carbons (Fsp3) is 1.00. The molecule has 80 valence electrons. The minimum absolute atomic E-state index is 0.100. The third-order valence-electron chi connectivity index (χ3n) is 1.66. The fourth-order valence-corrected chi connectivity index (χ4v) is 2.23. The molecule has 0 spiro atoms. The topological polar surface area (TPSA) is 44.5 Å². The molecule has 0 unspecified atom stereocenters. The molecule has 0 aliphatic rings. The van der Waals surface area contributed by atoms with E-state index in [0.29, 0.717) is 0 Å². The third kappa shape index (κ3) is 8.43. The van der Waals surface area contributed by atoms with Gasteiger partial charge in [0.15, 0.2) is 0 Å². The summed E-state index contributed by atoms with van der Waals surface area (Å²) in [5, 5.41) is 0. The molecule has 0 rings (SSSR count). The van der Waals surface area contributed by atoms with Crippen LogP contribution in [0, 0.1) is 0 Å². The highest BCUT2D eigenvalue weighted by Crippen LogP contribution is 1.98. The molecule has 0 heterocycles. The van der Waals surface area contributed by atoms with E-state index in [1.165, 1.54) is 0 Å². The zero-order valence-corrected chi connectivity index (χ0v) is 10.3. The molecule has 0 aromatic heterocycles. The van der Waals surface area contributed by atoms with E-state index in [1.54, 1.807) is 0 Å². The Bertz CT molecular complexity index is 84.6. The summed E-state index contributed by atoms with van der Waals surface area (Å²) >= 11 is 0. The van der Waals surface area contributed by atoms with Gasteiger partial charge in [0.05, 0.1) is 9.52 Å². The lowest BCUT2D eigenvalue weighted by atomic mass is 10.5. The summed E-state index contributed by atoms with van der Waals surface area (Å²) in [4.78, 5) is 0. The average molecular weight is 205 g/mol. The van der Waals surface area contributed by atoms with Crippen LogP contribution in [0.15, 0.2) is 0 Å². The first-order chi connectivity index (χ1) is 6.35. The van der Waals surface area contributed by atoms with Crippen LogP contribution in [0.3, 0.4) is 0 Å². The minimum atomic E-state index is -0.285. The van der Waals surface area contributed by atoms with Crippen molar-refractivity contribution in [1.82, 2.24) is 0 Å². The van der Waals surface area contributed by atoms with Crippen LogP contribution in [0.25, 0.3) is 0 Å². The van der Waals surface area contributed by atoms with Gasteiger partial charge in [0.2, 0.25) is 0 Å². The van der Waals surface area contributed by atoms with Gasteiger partial charge >= 0.3 is 0 Å². The summed E-state index contributed by atoms with van der Waals surface area (Å²) in [7, 11) is -0.285. The Kier molecular flexibility index (Phi) is 10.3. The second kappa shape index (κ2) is 10.2. The van der Waals surface area contributed by atoms with E-state index < -0.39 is 0 Å². The molecule has 0 aromatic carbocycles. The zero-order valence-electron chi connectivity index (χ0n) is 8.92. The maximum absolute atomic E-state index is 5.58. The van der Waals surface area contributed by atoms with Crippen LogP contribution < -0.4 is 5.73 Å². The van der Waals surface area contributed by atoms with Crippen LogP contribution >= 0.6 is 0 Å². The first-order valence-corrected chi connectivity index (χ1v) is 7.10. The smallest absolute Gasteiger partial charge is 0.134 e. The molecule has 0 amide bonds. The summed E-state index contributed by atoms with van der Waals surface area (Å²) in [6, 6.07) is 1.11. The monoisotopic (exact) mass is 205 g/mol. The van der Waals surface area contributed by atoms with E-state index in [0.717, 1.165) is 38.6 Å². The van der Waals surface area contributed by atoms with E-state index >= 15 is 0 Å². The Morgan fingerprint density at radius 1 is 1.15 bits per heavy atom. The molecule has 2 N–H and O–H groups in total. The summed E-state index contributed by atoms with van der Waals surface area (Å²) < 4.78 is 11.2. The standard InChI is InChI=1S/C9H23NO2Si/c1-3-6-11-9(12-7-4-2)13-8-5-10/h9H,3-8,10,13H2,1-2H3. The van der Waals surface area contributed by atoms with Crippen molar-refractivity contribution in [2.45, 2.75) is 38.6 Å². The van der Waals surface area contributed by atoms with Gasteiger partial charge < -0.3 is 15.2 Å². The molecule has 3 nitrogen and oxygen atoms in total. The summed E-state index contributed by atoms with van der Waals surface area (Å²) in [5.41, 5.74) is 5.46. The predicted molar refractivity (Wildman–Crippen MR) is 58.7 cm³/mol. The van der Waals surface area contributed by atoms with Gasteiger partial charge in [0, 0.05) is 13.2 Å². The quantitative estimate of drug-likeness (QED) is 0.444. The lowest BCUT2D eigenvalue weighted by Crippen LogP contribution is -2.26. The first-order valence-electron chi connectivity index (χ1n) is 5.28. The van der Waals surface area contributed by atoms with Gasteiger partial charge in [0.25, 0.3) is 0 Å². The lowest BCUT2D eigenvalue weighted by Gasteiger charge is -2.17. The molecule has 13 heavy (non-hydrogen) atoms. The molecule has 0 bridgehead atoms. The van der Waals surface area contributed by atoms with Gasteiger partial charge in [-0.25, -0.2) is 0 Å². The van der Waals surface area contributed by atoms with E-state index in [9.17, 15) is 0 Å². The van der Waals surface area contributed by atoms with E-state index in [1.807, 2.05) is 0 Å². The maximum Gasteiger partial charge on any atom is 0.134 e. The Morgan fingerprint density at radius 3 is 2.08 bits per heavy atom. The van der Waals surface area contributed by atoms with Gasteiger partial charge in [-0.15, -0.1) is 0 Å². The molecular weight excluding hydrogens is 182 g/mol. The maximum atomic E-state index is 5.58. The van der Waals surface area contributed by atoms with E-state index in [2.05, 4.69) is 13.8 Å². The average Bonchev–Trinajstić information content (AvgIpc) is 2.17. The van der Waals surface area contributed by atoms with Crippen molar-refractivity contribution in [2.75, 3.05) is 19.8 Å². The van der Waals surface area contributed by atoms with Crippen molar-refractivity contribution in [3.63, 3.8) is 0 Å².